The number of carbonyl (C=O) groups is 2. The van der Waals surface area contributed by atoms with E-state index in [0.717, 1.165) is 57.8 Å². The third kappa shape index (κ3) is 68.5. The second-order valence-electron chi connectivity index (χ2n) is 25.3. The van der Waals surface area contributed by atoms with Crippen molar-refractivity contribution in [3.63, 3.8) is 0 Å². The van der Waals surface area contributed by atoms with Gasteiger partial charge in [0.1, 0.15) is 0 Å². The highest BCUT2D eigenvalue weighted by Crippen LogP contribution is 2.18. The van der Waals surface area contributed by atoms with Gasteiger partial charge in [-0.15, -0.1) is 0 Å². The maximum absolute atomic E-state index is 12.5. The predicted octanol–water partition coefficient (Wildman–Crippen LogP) is 24.2. The summed E-state index contributed by atoms with van der Waals surface area (Å²) < 4.78 is 5.48. The minimum Gasteiger partial charge on any atom is -0.466 e. The van der Waals surface area contributed by atoms with Crippen molar-refractivity contribution in [2.75, 3.05) is 13.2 Å². The zero-order valence-electron chi connectivity index (χ0n) is 55.7. The zero-order chi connectivity index (χ0) is 59.9. The predicted molar refractivity (Wildman–Crippen MR) is 365 cm³/mol. The lowest BCUT2D eigenvalue weighted by atomic mass is 10.0. The van der Waals surface area contributed by atoms with Crippen molar-refractivity contribution in [1.29, 1.82) is 0 Å². The first-order valence-electron chi connectivity index (χ1n) is 37.1. The van der Waals surface area contributed by atoms with Crippen molar-refractivity contribution in [2.24, 2.45) is 0 Å². The van der Waals surface area contributed by atoms with Gasteiger partial charge in [-0.2, -0.15) is 0 Å². The fraction of sp³-hybridized carbons (Fsp3) is 0.844. The number of amides is 1. The minimum absolute atomic E-state index is 0.00176. The molecular weight excluding hydrogens is 1020 g/mol. The van der Waals surface area contributed by atoms with Crippen LogP contribution in [0.15, 0.2) is 60.8 Å². The minimum atomic E-state index is -0.844. The van der Waals surface area contributed by atoms with Gasteiger partial charge in [-0.25, -0.2) is 0 Å². The largest absolute Gasteiger partial charge is 0.466 e. The SMILES string of the molecule is CCCC/C=C\C/C=C\CCCCCCCC(=O)OCCCCCCCCCCCCC/C=C\C/C=C\CCCCCCCCCCCCCCCCCCCC(=O)NC(CO)C(O)/C=C/CCCCCCCCCCCCCCCCC. The molecule has 6 nitrogen and oxygen atoms in total. The van der Waals surface area contributed by atoms with Crippen LogP contribution in [0, 0.1) is 0 Å². The number of allylic oxidation sites excluding steroid dienone is 9. The number of aliphatic hydroxyl groups excluding tert-OH is 2. The lowest BCUT2D eigenvalue weighted by molar-refractivity contribution is -0.143. The molecule has 0 aromatic carbocycles. The number of rotatable bonds is 69. The average Bonchev–Trinajstić information content (AvgIpc) is 3.49. The summed E-state index contributed by atoms with van der Waals surface area (Å²) in [4.78, 5) is 24.6. The highest BCUT2D eigenvalue weighted by atomic mass is 16.5. The molecule has 0 saturated heterocycles. The molecule has 0 aromatic rings. The zero-order valence-corrected chi connectivity index (χ0v) is 55.7. The van der Waals surface area contributed by atoms with Gasteiger partial charge >= 0.3 is 5.97 Å². The highest BCUT2D eigenvalue weighted by Gasteiger charge is 2.18. The van der Waals surface area contributed by atoms with E-state index in [1.165, 1.54) is 308 Å². The topological polar surface area (TPSA) is 95.9 Å². The Hall–Kier alpha value is -2.44. The molecule has 2 unspecified atom stereocenters. The van der Waals surface area contributed by atoms with Crippen LogP contribution in [0.3, 0.4) is 0 Å². The number of esters is 1. The smallest absolute Gasteiger partial charge is 0.305 e. The number of hydrogen-bond acceptors (Lipinski definition) is 5. The van der Waals surface area contributed by atoms with Gasteiger partial charge < -0.3 is 20.3 Å². The van der Waals surface area contributed by atoms with Crippen molar-refractivity contribution in [2.45, 2.75) is 405 Å². The van der Waals surface area contributed by atoms with Gasteiger partial charge in [0, 0.05) is 12.8 Å². The molecule has 0 radical (unpaired) electrons. The molecule has 0 fully saturated rings. The number of nitrogens with one attached hydrogen (secondary N) is 1. The Morgan fingerprint density at radius 3 is 0.952 bits per heavy atom. The van der Waals surface area contributed by atoms with Gasteiger partial charge in [-0.3, -0.25) is 9.59 Å². The number of hydrogen-bond donors (Lipinski definition) is 3. The Balaban J connectivity index is 3.40. The molecule has 6 heteroatoms. The number of aliphatic hydroxyl groups is 2. The van der Waals surface area contributed by atoms with Crippen LogP contribution in [0.2, 0.25) is 0 Å². The first-order valence-corrected chi connectivity index (χ1v) is 37.1. The van der Waals surface area contributed by atoms with Crippen LogP contribution < -0.4 is 5.32 Å². The van der Waals surface area contributed by atoms with Crippen LogP contribution in [0.4, 0.5) is 0 Å². The van der Waals surface area contributed by atoms with Crippen LogP contribution in [0.25, 0.3) is 0 Å². The summed E-state index contributed by atoms with van der Waals surface area (Å²) in [6, 6.07) is -0.627. The fourth-order valence-electron chi connectivity index (χ4n) is 11.3. The van der Waals surface area contributed by atoms with E-state index in [1.54, 1.807) is 6.08 Å². The van der Waals surface area contributed by atoms with E-state index in [0.29, 0.717) is 19.4 Å². The van der Waals surface area contributed by atoms with Crippen LogP contribution in [-0.2, 0) is 14.3 Å². The molecule has 486 valence electrons. The summed E-state index contributed by atoms with van der Waals surface area (Å²) in [5, 5.41) is 23.2. The number of unbranched alkanes of at least 4 members (excludes halogenated alkanes) is 50. The summed E-state index contributed by atoms with van der Waals surface area (Å²) >= 11 is 0. The van der Waals surface area contributed by atoms with Crippen LogP contribution in [0.5, 0.6) is 0 Å². The average molecular weight is 1160 g/mol. The molecule has 0 aliphatic rings. The second-order valence-corrected chi connectivity index (χ2v) is 25.3. The Kier molecular flexibility index (Phi) is 69.9. The van der Waals surface area contributed by atoms with Gasteiger partial charge in [0.25, 0.3) is 0 Å². The first-order chi connectivity index (χ1) is 41.0. The maximum Gasteiger partial charge on any atom is 0.305 e. The molecule has 0 spiro atoms. The third-order valence-electron chi connectivity index (χ3n) is 17.0. The van der Waals surface area contributed by atoms with E-state index < -0.39 is 12.1 Å². The monoisotopic (exact) mass is 1160 g/mol. The Labute approximate surface area is 518 Å². The third-order valence-corrected chi connectivity index (χ3v) is 17.0. The molecule has 0 aromatic heterocycles. The summed E-state index contributed by atoms with van der Waals surface area (Å²) in [7, 11) is 0. The molecular formula is C77H143NO5. The van der Waals surface area contributed by atoms with Crippen molar-refractivity contribution in [1.82, 2.24) is 5.32 Å². The lowest BCUT2D eigenvalue weighted by Crippen LogP contribution is -2.45. The molecule has 83 heavy (non-hydrogen) atoms. The van der Waals surface area contributed by atoms with E-state index >= 15 is 0 Å². The number of carbonyl (C=O) groups excluding carboxylic acids is 2. The Morgan fingerprint density at radius 2 is 0.614 bits per heavy atom. The summed E-state index contributed by atoms with van der Waals surface area (Å²) in [6.07, 6.45) is 96.1. The lowest BCUT2D eigenvalue weighted by Gasteiger charge is -2.20. The van der Waals surface area contributed by atoms with Gasteiger partial charge in [0.05, 0.1) is 25.4 Å². The normalized spacial score (nSPS) is 12.9. The molecule has 0 rings (SSSR count). The van der Waals surface area contributed by atoms with E-state index in [4.69, 9.17) is 4.74 Å². The van der Waals surface area contributed by atoms with Crippen molar-refractivity contribution < 1.29 is 24.5 Å². The van der Waals surface area contributed by atoms with Gasteiger partial charge in [-0.05, 0) is 89.9 Å². The maximum atomic E-state index is 12.5. The van der Waals surface area contributed by atoms with Gasteiger partial charge in [-0.1, -0.05) is 351 Å². The molecule has 0 bridgehead atoms. The van der Waals surface area contributed by atoms with Crippen molar-refractivity contribution >= 4 is 11.9 Å². The van der Waals surface area contributed by atoms with Gasteiger partial charge in [0.15, 0.2) is 0 Å². The molecule has 1 amide bonds. The fourth-order valence-corrected chi connectivity index (χ4v) is 11.3. The van der Waals surface area contributed by atoms with Crippen molar-refractivity contribution in [3.05, 3.63) is 60.8 Å². The standard InChI is InChI=1S/C77H143NO5/c1-3-5-7-9-11-13-15-17-19-39-42-45-49-53-57-61-65-69-75(80)74(73-79)78-76(81)70-66-62-58-54-50-46-43-40-37-35-33-31-29-27-25-23-21-20-22-24-26-28-30-32-34-36-38-41-44-48-52-56-60-64-68-72-83-77(82)71-67-63-59-55-51-47-18-16-14-12-10-8-6-4-2/h10,12,16,18,22,24,28,30,65,69,74-75,79-80H,3-9,11,13-15,17,19-21,23,25-27,29,31-64,66-68,70-73H2,1-2H3,(H,78,81)/b12-10-,18-16-,24-22-,30-28-,69-65+. The molecule has 0 heterocycles. The number of ether oxygens (including phenoxy) is 1. The van der Waals surface area contributed by atoms with Crippen LogP contribution in [-0.4, -0.2) is 47.4 Å². The molecule has 0 saturated carbocycles. The van der Waals surface area contributed by atoms with Crippen LogP contribution in [0.1, 0.15) is 393 Å². The molecule has 0 aliphatic carbocycles. The Bertz CT molecular complexity index is 1430. The van der Waals surface area contributed by atoms with E-state index in [-0.39, 0.29) is 18.5 Å². The summed E-state index contributed by atoms with van der Waals surface area (Å²) in [5.41, 5.74) is 0. The van der Waals surface area contributed by atoms with E-state index in [1.807, 2.05) is 6.08 Å². The molecule has 3 N–H and O–H groups in total. The van der Waals surface area contributed by atoms with Crippen LogP contribution >= 0.6 is 0 Å². The quantitative estimate of drug-likeness (QED) is 0.0320. The Morgan fingerprint density at radius 1 is 0.337 bits per heavy atom. The second kappa shape index (κ2) is 72.0. The molecule has 2 atom stereocenters. The van der Waals surface area contributed by atoms with Gasteiger partial charge in [0.2, 0.25) is 5.91 Å². The summed E-state index contributed by atoms with van der Waals surface area (Å²) in [6.45, 7) is 4.88. The highest BCUT2D eigenvalue weighted by molar-refractivity contribution is 5.76. The first kappa shape index (κ1) is 80.6. The van der Waals surface area contributed by atoms with E-state index in [2.05, 4.69) is 67.8 Å². The molecule has 0 aliphatic heterocycles. The van der Waals surface area contributed by atoms with Crippen molar-refractivity contribution in [3.8, 4) is 0 Å². The summed E-state index contributed by atoms with van der Waals surface area (Å²) in [5.74, 6) is -0.0615. The van der Waals surface area contributed by atoms with E-state index in [9.17, 15) is 19.8 Å².